The monoisotopic (exact) mass is 237 g/mol. The van der Waals surface area contributed by atoms with Gasteiger partial charge in [0.15, 0.2) is 18.1 Å². The molecule has 0 radical (unpaired) electrons. The first-order chi connectivity index (χ1) is 8.08. The van der Waals surface area contributed by atoms with Crippen molar-refractivity contribution in [2.75, 3.05) is 27.8 Å². The van der Waals surface area contributed by atoms with E-state index in [0.717, 1.165) is 0 Å². The number of benzene rings is 1. The number of nitrogens with zero attached hydrogens (tertiary/aromatic N) is 1. The van der Waals surface area contributed by atoms with Crippen molar-refractivity contribution in [2.45, 2.75) is 0 Å². The van der Waals surface area contributed by atoms with Gasteiger partial charge in [0.25, 0.3) is 5.91 Å². The minimum atomic E-state index is -0.163. The molecular weight excluding hydrogens is 222 g/mol. The van der Waals surface area contributed by atoms with Crippen LogP contribution < -0.4 is 9.47 Å². The van der Waals surface area contributed by atoms with Gasteiger partial charge in [0.05, 0.1) is 7.11 Å². The van der Waals surface area contributed by atoms with Gasteiger partial charge >= 0.3 is 0 Å². The van der Waals surface area contributed by atoms with Gasteiger partial charge in [-0.3, -0.25) is 9.59 Å². The Morgan fingerprint density at radius 1 is 1.35 bits per heavy atom. The number of methoxy groups -OCH3 is 1. The largest absolute Gasteiger partial charge is 0.493 e. The van der Waals surface area contributed by atoms with Crippen LogP contribution in [-0.4, -0.2) is 44.9 Å². The standard InChI is InChI=1S/C12H15NO4/c1-13(2)12(15)8-17-11-6-9(7-14)4-5-10(11)16-3/h4-7H,8H2,1-3H3. The average Bonchev–Trinajstić information content (AvgIpc) is 2.35. The van der Waals surface area contributed by atoms with Crippen molar-refractivity contribution in [3.8, 4) is 11.5 Å². The molecule has 17 heavy (non-hydrogen) atoms. The molecule has 1 amide bonds. The number of amides is 1. The highest BCUT2D eigenvalue weighted by atomic mass is 16.5. The number of ether oxygens (including phenoxy) is 2. The van der Waals surface area contributed by atoms with Gasteiger partial charge in [-0.2, -0.15) is 0 Å². The predicted molar refractivity (Wildman–Crippen MR) is 62.6 cm³/mol. The van der Waals surface area contributed by atoms with Crippen LogP contribution in [0.15, 0.2) is 18.2 Å². The van der Waals surface area contributed by atoms with Crippen LogP contribution in [-0.2, 0) is 4.79 Å². The van der Waals surface area contributed by atoms with Crippen LogP contribution in [0.1, 0.15) is 10.4 Å². The van der Waals surface area contributed by atoms with Crippen molar-refractivity contribution in [1.29, 1.82) is 0 Å². The average molecular weight is 237 g/mol. The molecule has 92 valence electrons. The van der Waals surface area contributed by atoms with Gasteiger partial charge in [0, 0.05) is 19.7 Å². The topological polar surface area (TPSA) is 55.8 Å². The molecule has 0 unspecified atom stereocenters. The third kappa shape index (κ3) is 3.48. The number of rotatable bonds is 5. The van der Waals surface area contributed by atoms with E-state index in [0.29, 0.717) is 23.3 Å². The smallest absolute Gasteiger partial charge is 0.259 e. The maximum Gasteiger partial charge on any atom is 0.259 e. The predicted octanol–water partition coefficient (Wildman–Crippen LogP) is 0.975. The van der Waals surface area contributed by atoms with Crippen LogP contribution in [0.2, 0.25) is 0 Å². The number of hydrogen-bond donors (Lipinski definition) is 0. The van der Waals surface area contributed by atoms with Crippen molar-refractivity contribution in [3.63, 3.8) is 0 Å². The molecule has 0 saturated heterocycles. The van der Waals surface area contributed by atoms with Crippen LogP contribution >= 0.6 is 0 Å². The summed E-state index contributed by atoms with van der Waals surface area (Å²) < 4.78 is 10.4. The highest BCUT2D eigenvalue weighted by Crippen LogP contribution is 2.27. The van der Waals surface area contributed by atoms with Crippen LogP contribution in [0.25, 0.3) is 0 Å². The fourth-order valence-electron chi connectivity index (χ4n) is 1.15. The lowest BCUT2D eigenvalue weighted by molar-refractivity contribution is -0.130. The number of hydrogen-bond acceptors (Lipinski definition) is 4. The summed E-state index contributed by atoms with van der Waals surface area (Å²) >= 11 is 0. The minimum Gasteiger partial charge on any atom is -0.493 e. The third-order valence-electron chi connectivity index (χ3n) is 2.17. The number of likely N-dealkylation sites (N-methyl/N-ethyl adjacent to an activating group) is 1. The number of carbonyl (C=O) groups is 2. The van der Waals surface area contributed by atoms with Crippen molar-refractivity contribution in [2.24, 2.45) is 0 Å². The first-order valence-electron chi connectivity index (χ1n) is 5.04. The molecule has 0 spiro atoms. The van der Waals surface area contributed by atoms with E-state index < -0.39 is 0 Å². The lowest BCUT2D eigenvalue weighted by atomic mass is 10.2. The summed E-state index contributed by atoms with van der Waals surface area (Å²) in [5.41, 5.74) is 0.470. The lowest BCUT2D eigenvalue weighted by Gasteiger charge is -2.13. The second-order valence-corrected chi connectivity index (χ2v) is 3.60. The first kappa shape index (κ1) is 13.0. The normalized spacial score (nSPS) is 9.59. The highest BCUT2D eigenvalue weighted by Gasteiger charge is 2.09. The van der Waals surface area contributed by atoms with Crippen molar-refractivity contribution in [1.82, 2.24) is 4.90 Å². The summed E-state index contributed by atoms with van der Waals surface area (Å²) in [6.07, 6.45) is 0.708. The summed E-state index contributed by atoms with van der Waals surface area (Å²) in [6.45, 7) is -0.0916. The Hall–Kier alpha value is -2.04. The van der Waals surface area contributed by atoms with Gasteiger partial charge in [0.2, 0.25) is 0 Å². The SMILES string of the molecule is COc1ccc(C=O)cc1OCC(=O)N(C)C. The maximum absolute atomic E-state index is 11.4. The van der Waals surface area contributed by atoms with E-state index in [1.807, 2.05) is 0 Å². The Labute approximate surface area is 99.9 Å². The number of carbonyl (C=O) groups excluding carboxylic acids is 2. The van der Waals surface area contributed by atoms with Crippen molar-refractivity contribution in [3.05, 3.63) is 23.8 Å². The van der Waals surface area contributed by atoms with Gasteiger partial charge < -0.3 is 14.4 Å². The first-order valence-corrected chi connectivity index (χ1v) is 5.04. The van der Waals surface area contributed by atoms with Crippen LogP contribution in [0.4, 0.5) is 0 Å². The Morgan fingerprint density at radius 2 is 2.06 bits per heavy atom. The maximum atomic E-state index is 11.4. The molecule has 5 nitrogen and oxygen atoms in total. The molecule has 1 aromatic rings. The highest BCUT2D eigenvalue weighted by molar-refractivity contribution is 5.78. The van der Waals surface area contributed by atoms with E-state index >= 15 is 0 Å². The molecule has 0 fully saturated rings. The lowest BCUT2D eigenvalue weighted by Crippen LogP contribution is -2.27. The fraction of sp³-hybridized carbons (Fsp3) is 0.333. The third-order valence-corrected chi connectivity index (χ3v) is 2.17. The van der Waals surface area contributed by atoms with E-state index in [1.165, 1.54) is 18.1 Å². The summed E-state index contributed by atoms with van der Waals surface area (Å²) in [6, 6.07) is 4.78. The van der Waals surface area contributed by atoms with E-state index in [9.17, 15) is 9.59 Å². The van der Waals surface area contributed by atoms with Crippen molar-refractivity contribution >= 4 is 12.2 Å². The molecule has 0 atom stereocenters. The molecule has 0 N–H and O–H groups in total. The molecule has 1 rings (SSSR count). The molecule has 1 aromatic carbocycles. The zero-order valence-electron chi connectivity index (χ0n) is 10.1. The molecule has 0 bridgehead atoms. The molecule has 5 heteroatoms. The van der Waals surface area contributed by atoms with Gasteiger partial charge in [-0.15, -0.1) is 0 Å². The quantitative estimate of drug-likeness (QED) is 0.716. The van der Waals surface area contributed by atoms with Gasteiger partial charge in [-0.1, -0.05) is 0 Å². The van der Waals surface area contributed by atoms with Crippen LogP contribution in [0.5, 0.6) is 11.5 Å². The Bertz CT molecular complexity index is 415. The second kappa shape index (κ2) is 5.89. The number of aldehydes is 1. The van der Waals surface area contributed by atoms with Gasteiger partial charge in [-0.25, -0.2) is 0 Å². The van der Waals surface area contributed by atoms with E-state index in [1.54, 1.807) is 26.2 Å². The van der Waals surface area contributed by atoms with E-state index in [2.05, 4.69) is 0 Å². The Balaban J connectivity index is 2.81. The molecule has 0 saturated carbocycles. The molecular formula is C12H15NO4. The van der Waals surface area contributed by atoms with Crippen LogP contribution in [0.3, 0.4) is 0 Å². The van der Waals surface area contributed by atoms with E-state index in [4.69, 9.17) is 9.47 Å². The molecule has 0 aliphatic carbocycles. The second-order valence-electron chi connectivity index (χ2n) is 3.60. The Kier molecular flexibility index (Phi) is 4.51. The minimum absolute atomic E-state index is 0.0916. The zero-order chi connectivity index (χ0) is 12.8. The fourth-order valence-corrected chi connectivity index (χ4v) is 1.15. The molecule has 0 aliphatic heterocycles. The summed E-state index contributed by atoms with van der Waals surface area (Å²) in [4.78, 5) is 23.4. The van der Waals surface area contributed by atoms with E-state index in [-0.39, 0.29) is 12.5 Å². The molecule has 0 aliphatic rings. The van der Waals surface area contributed by atoms with Gasteiger partial charge in [0.1, 0.15) is 6.29 Å². The molecule has 0 aromatic heterocycles. The Morgan fingerprint density at radius 3 is 2.59 bits per heavy atom. The summed E-state index contributed by atoms with van der Waals surface area (Å²) in [7, 11) is 4.78. The van der Waals surface area contributed by atoms with Crippen molar-refractivity contribution < 1.29 is 19.1 Å². The summed E-state index contributed by atoms with van der Waals surface area (Å²) in [5, 5.41) is 0. The summed E-state index contributed by atoms with van der Waals surface area (Å²) in [5.74, 6) is 0.706. The van der Waals surface area contributed by atoms with Gasteiger partial charge in [-0.05, 0) is 18.2 Å². The molecule has 0 heterocycles. The zero-order valence-corrected chi connectivity index (χ0v) is 10.1. The van der Waals surface area contributed by atoms with Crippen LogP contribution in [0, 0.1) is 0 Å².